The van der Waals surface area contributed by atoms with E-state index in [1.165, 1.54) is 0 Å². The van der Waals surface area contributed by atoms with Gasteiger partial charge in [0, 0.05) is 54.4 Å². The van der Waals surface area contributed by atoms with Gasteiger partial charge in [-0.1, -0.05) is 18.2 Å². The Hall–Kier alpha value is -3.09. The van der Waals surface area contributed by atoms with Crippen LogP contribution in [0.3, 0.4) is 0 Å². The fourth-order valence-corrected chi connectivity index (χ4v) is 3.64. The van der Waals surface area contributed by atoms with Crippen molar-refractivity contribution in [2.45, 2.75) is 26.3 Å². The summed E-state index contributed by atoms with van der Waals surface area (Å²) in [5, 5.41) is 10.7. The summed E-state index contributed by atoms with van der Waals surface area (Å²) in [6.45, 7) is 3.04. The monoisotopic (exact) mass is 351 g/mol. The third-order valence-corrected chi connectivity index (χ3v) is 5.08. The number of aromatic nitrogens is 3. The maximum atomic E-state index is 12.9. The molecule has 3 N–H and O–H groups in total. The van der Waals surface area contributed by atoms with Crippen molar-refractivity contribution in [1.82, 2.24) is 25.4 Å². The van der Waals surface area contributed by atoms with E-state index in [-0.39, 0.29) is 11.8 Å². The highest BCUT2D eigenvalue weighted by Crippen LogP contribution is 2.25. The first-order valence-electron chi connectivity index (χ1n) is 8.70. The van der Waals surface area contributed by atoms with Crippen molar-refractivity contribution < 1.29 is 9.59 Å². The molecule has 26 heavy (non-hydrogen) atoms. The lowest BCUT2D eigenvalue weighted by molar-refractivity contribution is -0.131. The summed E-state index contributed by atoms with van der Waals surface area (Å²) in [5.74, 6) is -0.170. The topological polar surface area (TPSA) is 93.9 Å². The molecule has 1 aromatic carbocycles. The van der Waals surface area contributed by atoms with Crippen LogP contribution in [0.4, 0.5) is 0 Å². The smallest absolute Gasteiger partial charge is 0.271 e. The number of hydrogen-bond donors (Lipinski definition) is 3. The second kappa shape index (κ2) is 6.33. The third-order valence-electron chi connectivity index (χ3n) is 5.08. The largest absolute Gasteiger partial charge is 0.358 e. The van der Waals surface area contributed by atoms with E-state index < -0.39 is 0 Å². The molecule has 0 aliphatic carbocycles. The maximum absolute atomic E-state index is 12.9. The summed E-state index contributed by atoms with van der Waals surface area (Å²) in [5.41, 5.74) is 5.24. The number of nitrogens with zero attached hydrogens (tertiary/aromatic N) is 2. The van der Waals surface area contributed by atoms with Crippen LogP contribution >= 0.6 is 0 Å². The highest BCUT2D eigenvalue weighted by Gasteiger charge is 2.28. The van der Waals surface area contributed by atoms with Crippen molar-refractivity contribution >= 4 is 22.7 Å². The average Bonchev–Trinajstić information content (AvgIpc) is 3.21. The number of H-pyrrole nitrogens is 2. The molecular formula is C19H21N5O2. The fourth-order valence-electron chi connectivity index (χ4n) is 3.64. The Morgan fingerprint density at radius 1 is 1.31 bits per heavy atom. The van der Waals surface area contributed by atoms with E-state index in [1.807, 2.05) is 36.1 Å². The normalized spacial score (nSPS) is 13.7. The second-order valence-corrected chi connectivity index (χ2v) is 6.62. The average molecular weight is 351 g/mol. The molecule has 2 aromatic heterocycles. The maximum Gasteiger partial charge on any atom is 0.271 e. The van der Waals surface area contributed by atoms with E-state index >= 15 is 0 Å². The zero-order chi connectivity index (χ0) is 18.3. The summed E-state index contributed by atoms with van der Waals surface area (Å²) in [7, 11) is 1.58. The fraction of sp³-hybridized carbons (Fsp3) is 0.316. The molecule has 0 atom stereocenters. The van der Waals surface area contributed by atoms with Gasteiger partial charge in [-0.15, -0.1) is 0 Å². The van der Waals surface area contributed by atoms with Crippen LogP contribution in [0.5, 0.6) is 0 Å². The van der Waals surface area contributed by atoms with E-state index in [0.717, 1.165) is 33.4 Å². The molecule has 0 saturated heterocycles. The van der Waals surface area contributed by atoms with E-state index in [0.29, 0.717) is 31.6 Å². The molecule has 7 heteroatoms. The molecule has 0 unspecified atom stereocenters. The van der Waals surface area contributed by atoms with Gasteiger partial charge >= 0.3 is 0 Å². The minimum Gasteiger partial charge on any atom is -0.358 e. The molecule has 0 fully saturated rings. The van der Waals surface area contributed by atoms with Gasteiger partial charge in [-0.05, 0) is 18.6 Å². The van der Waals surface area contributed by atoms with Crippen molar-refractivity contribution in [3.63, 3.8) is 0 Å². The summed E-state index contributed by atoms with van der Waals surface area (Å²) >= 11 is 0. The molecule has 0 saturated carbocycles. The van der Waals surface area contributed by atoms with Crippen LogP contribution in [0.2, 0.25) is 0 Å². The van der Waals surface area contributed by atoms with Gasteiger partial charge in [0.2, 0.25) is 5.91 Å². The van der Waals surface area contributed by atoms with Crippen LogP contribution < -0.4 is 5.32 Å². The summed E-state index contributed by atoms with van der Waals surface area (Å²) < 4.78 is 0. The van der Waals surface area contributed by atoms with Gasteiger partial charge in [0.15, 0.2) is 5.69 Å². The molecule has 3 heterocycles. The highest BCUT2D eigenvalue weighted by atomic mass is 16.2. The zero-order valence-corrected chi connectivity index (χ0v) is 14.8. The molecule has 1 aliphatic rings. The Labute approximate surface area is 150 Å². The minimum absolute atomic E-state index is 0.0626. The van der Waals surface area contributed by atoms with Crippen molar-refractivity contribution in [3.8, 4) is 0 Å². The molecule has 134 valence electrons. The third kappa shape index (κ3) is 2.65. The molecule has 1 aliphatic heterocycles. The van der Waals surface area contributed by atoms with E-state index in [4.69, 9.17) is 0 Å². The number of aromatic amines is 2. The number of amides is 2. The predicted molar refractivity (Wildman–Crippen MR) is 97.8 cm³/mol. The highest BCUT2D eigenvalue weighted by molar-refractivity contribution is 5.94. The molecule has 7 nitrogen and oxygen atoms in total. The Balaban J connectivity index is 1.57. The van der Waals surface area contributed by atoms with Crippen molar-refractivity contribution in [2.24, 2.45) is 0 Å². The summed E-state index contributed by atoms with van der Waals surface area (Å²) in [4.78, 5) is 30.0. The van der Waals surface area contributed by atoms with E-state index in [1.54, 1.807) is 7.05 Å². The molecule has 0 spiro atoms. The first-order chi connectivity index (χ1) is 12.6. The molecule has 0 radical (unpaired) electrons. The number of nitrogens with one attached hydrogen (secondary N) is 3. The van der Waals surface area contributed by atoms with Gasteiger partial charge in [-0.3, -0.25) is 14.7 Å². The van der Waals surface area contributed by atoms with Crippen LogP contribution in [0.15, 0.2) is 24.3 Å². The van der Waals surface area contributed by atoms with Crippen molar-refractivity contribution in [1.29, 1.82) is 0 Å². The van der Waals surface area contributed by atoms with Crippen LogP contribution in [0.25, 0.3) is 10.9 Å². The first kappa shape index (κ1) is 16.4. The van der Waals surface area contributed by atoms with Crippen LogP contribution in [0.1, 0.15) is 33.0 Å². The standard InChI is InChI=1S/C19H21N5O2/c1-11-13(12-5-3-4-6-15(12)21-11)9-17(25)24-8-7-16-14(10-24)18(23-22-16)19(26)20-2/h3-6,21H,7-10H2,1-2H3,(H,20,26)(H,22,23). The second-order valence-electron chi connectivity index (χ2n) is 6.62. The number of para-hydroxylation sites is 1. The van der Waals surface area contributed by atoms with Gasteiger partial charge in [-0.25, -0.2) is 0 Å². The lowest BCUT2D eigenvalue weighted by Gasteiger charge is -2.27. The number of benzene rings is 1. The molecule has 0 bridgehead atoms. The van der Waals surface area contributed by atoms with Crippen LogP contribution in [-0.2, 0) is 24.2 Å². The molecule has 4 rings (SSSR count). The number of fused-ring (bicyclic) bond motifs is 2. The number of carbonyl (C=O) groups is 2. The zero-order valence-electron chi connectivity index (χ0n) is 14.8. The number of rotatable bonds is 3. The molecule has 3 aromatic rings. The van der Waals surface area contributed by atoms with Crippen LogP contribution in [0, 0.1) is 6.92 Å². The molecule has 2 amide bonds. The number of hydrogen-bond acceptors (Lipinski definition) is 3. The van der Waals surface area contributed by atoms with Gasteiger partial charge in [0.05, 0.1) is 6.42 Å². The first-order valence-corrected chi connectivity index (χ1v) is 8.70. The minimum atomic E-state index is -0.232. The quantitative estimate of drug-likeness (QED) is 0.670. The molecular weight excluding hydrogens is 330 g/mol. The van der Waals surface area contributed by atoms with Gasteiger partial charge in [0.25, 0.3) is 5.91 Å². The van der Waals surface area contributed by atoms with Gasteiger partial charge < -0.3 is 15.2 Å². The number of aryl methyl sites for hydroxylation is 1. The SMILES string of the molecule is CNC(=O)c1n[nH]c2c1CN(C(=O)Cc1c(C)[nH]c3ccccc13)CC2. The van der Waals surface area contributed by atoms with Crippen molar-refractivity contribution in [3.05, 3.63) is 52.5 Å². The lowest BCUT2D eigenvalue weighted by Crippen LogP contribution is -2.37. The van der Waals surface area contributed by atoms with Gasteiger partial charge in [-0.2, -0.15) is 5.10 Å². The Kier molecular flexibility index (Phi) is 3.99. The van der Waals surface area contributed by atoms with E-state index in [2.05, 4.69) is 20.5 Å². The van der Waals surface area contributed by atoms with Crippen molar-refractivity contribution in [2.75, 3.05) is 13.6 Å². The predicted octanol–water partition coefficient (Wildman–Crippen LogP) is 1.69. The summed E-state index contributed by atoms with van der Waals surface area (Å²) in [6.07, 6.45) is 1.02. The Bertz CT molecular complexity index is 1000. The van der Waals surface area contributed by atoms with Crippen LogP contribution in [-0.4, -0.2) is 45.5 Å². The Morgan fingerprint density at radius 3 is 2.92 bits per heavy atom. The Morgan fingerprint density at radius 2 is 2.12 bits per heavy atom. The summed E-state index contributed by atoms with van der Waals surface area (Å²) in [6, 6.07) is 8.02. The van der Waals surface area contributed by atoms with Gasteiger partial charge in [0.1, 0.15) is 0 Å². The number of carbonyl (C=O) groups excluding carboxylic acids is 2. The van der Waals surface area contributed by atoms with E-state index in [9.17, 15) is 9.59 Å². The lowest BCUT2D eigenvalue weighted by atomic mass is 10.0.